The first kappa shape index (κ1) is 31.9. The standard InChI is InChI=1S/C48H46BNO/c1-46(2,3)31-20-22-40-36(25-31)37-26-33(48(7,8)9)27-39-45(37)50(40)41-23-30(35-18-14-13-17-34(35)29-15-11-10-12-16-29)24-43-44(41)49(39)38-21-19-32(47(4,5)6)28-42(38)51-43/h10-28H,1-9H3. The largest absolute Gasteiger partial charge is 0.458 e. The van der Waals surface area contributed by atoms with Crippen LogP contribution in [0.25, 0.3) is 49.7 Å². The summed E-state index contributed by atoms with van der Waals surface area (Å²) in [7, 11) is 0. The first-order chi connectivity index (χ1) is 24.2. The van der Waals surface area contributed by atoms with E-state index in [0.29, 0.717) is 0 Å². The SMILES string of the molecule is CC(C)(C)c1ccc2c(c1)Oc1cc(-c3ccccc3-c3ccccc3)cc3c1B2c1cc(C(C)(C)C)cc2c4cc(C(C)(C)C)ccc4n-3c12. The van der Waals surface area contributed by atoms with E-state index in [4.69, 9.17) is 4.74 Å². The first-order valence-corrected chi connectivity index (χ1v) is 18.5. The molecule has 51 heavy (non-hydrogen) atoms. The van der Waals surface area contributed by atoms with Crippen molar-refractivity contribution in [2.24, 2.45) is 0 Å². The van der Waals surface area contributed by atoms with Gasteiger partial charge >= 0.3 is 0 Å². The number of ether oxygens (including phenoxy) is 1. The van der Waals surface area contributed by atoms with E-state index < -0.39 is 0 Å². The van der Waals surface area contributed by atoms with Crippen LogP contribution >= 0.6 is 0 Å². The highest BCUT2D eigenvalue weighted by atomic mass is 16.5. The number of fused-ring (bicyclic) bond motifs is 7. The Hall–Kier alpha value is -5.02. The number of hydrogen-bond donors (Lipinski definition) is 0. The normalized spacial score (nSPS) is 13.7. The van der Waals surface area contributed by atoms with Crippen LogP contribution in [0.3, 0.4) is 0 Å². The Balaban J connectivity index is 1.43. The Kier molecular flexibility index (Phi) is 6.73. The monoisotopic (exact) mass is 663 g/mol. The van der Waals surface area contributed by atoms with Crippen molar-refractivity contribution in [1.82, 2.24) is 4.57 Å². The van der Waals surface area contributed by atoms with Crippen LogP contribution in [-0.2, 0) is 16.2 Å². The van der Waals surface area contributed by atoms with Gasteiger partial charge in [0, 0.05) is 22.0 Å². The Morgan fingerprint density at radius 3 is 1.78 bits per heavy atom. The molecule has 0 amide bonds. The van der Waals surface area contributed by atoms with Gasteiger partial charge in [0.2, 0.25) is 0 Å². The molecular weight excluding hydrogens is 617 g/mol. The lowest BCUT2D eigenvalue weighted by atomic mass is 9.34. The number of aromatic nitrogens is 1. The van der Waals surface area contributed by atoms with Gasteiger partial charge in [-0.15, -0.1) is 0 Å². The molecule has 1 aromatic heterocycles. The third-order valence-electron chi connectivity index (χ3n) is 11.3. The van der Waals surface area contributed by atoms with Gasteiger partial charge < -0.3 is 9.30 Å². The Morgan fingerprint density at radius 1 is 0.490 bits per heavy atom. The summed E-state index contributed by atoms with van der Waals surface area (Å²) >= 11 is 0. The van der Waals surface area contributed by atoms with E-state index in [2.05, 4.69) is 182 Å². The van der Waals surface area contributed by atoms with Crippen LogP contribution in [0, 0.1) is 0 Å². The second-order valence-corrected chi connectivity index (χ2v) is 17.9. The summed E-state index contributed by atoms with van der Waals surface area (Å²) < 4.78 is 9.67. The minimum absolute atomic E-state index is 0.00344. The van der Waals surface area contributed by atoms with E-state index in [-0.39, 0.29) is 23.0 Å². The van der Waals surface area contributed by atoms with E-state index in [9.17, 15) is 0 Å². The second kappa shape index (κ2) is 10.7. The molecule has 0 saturated carbocycles. The second-order valence-electron chi connectivity index (χ2n) is 17.9. The molecule has 0 unspecified atom stereocenters. The zero-order valence-electron chi connectivity index (χ0n) is 31.4. The molecule has 2 aliphatic rings. The fourth-order valence-electron chi connectivity index (χ4n) is 8.40. The van der Waals surface area contributed by atoms with Gasteiger partial charge in [-0.1, -0.05) is 141 Å². The minimum Gasteiger partial charge on any atom is -0.458 e. The lowest BCUT2D eigenvalue weighted by Gasteiger charge is -2.35. The first-order valence-electron chi connectivity index (χ1n) is 18.5. The Bertz CT molecular complexity index is 2550. The van der Waals surface area contributed by atoms with Crippen molar-refractivity contribution in [3.05, 3.63) is 132 Å². The Morgan fingerprint density at radius 2 is 1.10 bits per heavy atom. The summed E-state index contributed by atoms with van der Waals surface area (Å²) in [6.45, 7) is 20.9. The highest BCUT2D eigenvalue weighted by Crippen LogP contribution is 2.43. The number of hydrogen-bond acceptors (Lipinski definition) is 1. The summed E-state index contributed by atoms with van der Waals surface area (Å²) in [5, 5.41) is 2.65. The summed E-state index contributed by atoms with van der Waals surface area (Å²) in [5.74, 6) is 1.91. The van der Waals surface area contributed by atoms with Crippen LogP contribution in [0.5, 0.6) is 11.5 Å². The third-order valence-corrected chi connectivity index (χ3v) is 11.3. The maximum atomic E-state index is 7.12. The fraction of sp³-hybridized carbons (Fsp3) is 0.250. The van der Waals surface area contributed by atoms with Gasteiger partial charge in [-0.25, -0.2) is 0 Å². The average Bonchev–Trinajstić information content (AvgIpc) is 3.43. The van der Waals surface area contributed by atoms with Crippen molar-refractivity contribution < 1.29 is 4.74 Å². The summed E-state index contributed by atoms with van der Waals surface area (Å²) in [4.78, 5) is 0. The molecule has 3 heterocycles. The predicted octanol–water partition coefficient (Wildman–Crippen LogP) is 10.9. The molecular formula is C48H46BNO. The third kappa shape index (κ3) is 4.92. The van der Waals surface area contributed by atoms with Crippen LogP contribution in [0.4, 0.5) is 0 Å². The molecule has 0 spiro atoms. The van der Waals surface area contributed by atoms with Gasteiger partial charge in [0.05, 0.1) is 5.52 Å². The summed E-state index contributed by atoms with van der Waals surface area (Å²) in [6, 6.07) is 43.4. The molecule has 0 saturated heterocycles. The van der Waals surface area contributed by atoms with Crippen molar-refractivity contribution in [2.75, 3.05) is 0 Å². The van der Waals surface area contributed by atoms with Gasteiger partial charge in [-0.3, -0.25) is 0 Å². The molecule has 0 aliphatic carbocycles. The highest BCUT2D eigenvalue weighted by molar-refractivity contribution is 6.99. The molecule has 6 aromatic carbocycles. The van der Waals surface area contributed by atoms with Gasteiger partial charge in [0.25, 0.3) is 6.71 Å². The predicted molar refractivity (Wildman–Crippen MR) is 219 cm³/mol. The van der Waals surface area contributed by atoms with Gasteiger partial charge in [0.1, 0.15) is 11.5 Å². The average molecular weight is 664 g/mol. The Labute approximate surface area is 303 Å². The molecule has 3 heteroatoms. The van der Waals surface area contributed by atoms with Crippen LogP contribution in [-0.4, -0.2) is 11.3 Å². The van der Waals surface area contributed by atoms with Crippen LogP contribution in [0.2, 0.25) is 0 Å². The maximum absolute atomic E-state index is 7.12. The summed E-state index contributed by atoms with van der Waals surface area (Å²) in [5.41, 5.74) is 16.4. The molecule has 252 valence electrons. The van der Waals surface area contributed by atoms with Crippen molar-refractivity contribution in [3.63, 3.8) is 0 Å². The zero-order chi connectivity index (χ0) is 35.6. The molecule has 2 nitrogen and oxygen atoms in total. The molecule has 0 N–H and O–H groups in total. The van der Waals surface area contributed by atoms with E-state index in [1.165, 1.54) is 77.3 Å². The lowest BCUT2D eigenvalue weighted by molar-refractivity contribution is 0.483. The number of benzene rings is 6. The fourth-order valence-corrected chi connectivity index (χ4v) is 8.40. The van der Waals surface area contributed by atoms with E-state index in [0.717, 1.165) is 17.1 Å². The van der Waals surface area contributed by atoms with Crippen LogP contribution in [0.1, 0.15) is 79.0 Å². The molecule has 0 fully saturated rings. The zero-order valence-corrected chi connectivity index (χ0v) is 31.4. The van der Waals surface area contributed by atoms with Gasteiger partial charge in [-0.05, 0) is 108 Å². The lowest BCUT2D eigenvalue weighted by Crippen LogP contribution is -2.58. The quantitative estimate of drug-likeness (QED) is 0.168. The van der Waals surface area contributed by atoms with Crippen LogP contribution in [0.15, 0.2) is 115 Å². The van der Waals surface area contributed by atoms with E-state index in [1.54, 1.807) is 0 Å². The topological polar surface area (TPSA) is 14.2 Å². The van der Waals surface area contributed by atoms with Gasteiger partial charge in [-0.2, -0.15) is 0 Å². The highest BCUT2D eigenvalue weighted by Gasteiger charge is 2.42. The van der Waals surface area contributed by atoms with Crippen LogP contribution < -0.4 is 21.1 Å². The maximum Gasteiger partial charge on any atom is 0.256 e. The molecule has 0 atom stereocenters. The van der Waals surface area contributed by atoms with Crippen molar-refractivity contribution in [1.29, 1.82) is 0 Å². The smallest absolute Gasteiger partial charge is 0.256 e. The van der Waals surface area contributed by atoms with Crippen molar-refractivity contribution in [3.8, 4) is 39.4 Å². The van der Waals surface area contributed by atoms with E-state index in [1.807, 2.05) is 0 Å². The van der Waals surface area contributed by atoms with E-state index >= 15 is 0 Å². The van der Waals surface area contributed by atoms with Crippen molar-refractivity contribution in [2.45, 2.75) is 78.6 Å². The minimum atomic E-state index is -0.0149. The molecule has 0 bridgehead atoms. The summed E-state index contributed by atoms with van der Waals surface area (Å²) in [6.07, 6.45) is 0. The number of rotatable bonds is 2. The molecule has 2 aliphatic heterocycles. The molecule has 7 aromatic rings. The van der Waals surface area contributed by atoms with Crippen molar-refractivity contribution >= 4 is 44.9 Å². The molecule has 9 rings (SSSR count). The van der Waals surface area contributed by atoms with Gasteiger partial charge in [0.15, 0.2) is 0 Å². The molecule has 0 radical (unpaired) electrons. The number of nitrogens with zero attached hydrogens (tertiary/aromatic N) is 1.